The van der Waals surface area contributed by atoms with E-state index in [1.165, 1.54) is 0 Å². The zero-order chi connectivity index (χ0) is 14.3. The second kappa shape index (κ2) is 7.74. The van der Waals surface area contributed by atoms with Gasteiger partial charge in [-0.25, -0.2) is 0 Å². The molecule has 3 unspecified atom stereocenters. The van der Waals surface area contributed by atoms with Gasteiger partial charge < -0.3 is 15.4 Å². The van der Waals surface area contributed by atoms with Crippen LogP contribution in [0.1, 0.15) is 53.9 Å². The molecule has 0 heterocycles. The molecular weight excluding hydrogens is 228 g/mol. The Morgan fingerprint density at radius 2 is 1.89 bits per heavy atom. The van der Waals surface area contributed by atoms with Crippen molar-refractivity contribution in [1.82, 2.24) is 4.90 Å². The summed E-state index contributed by atoms with van der Waals surface area (Å²) in [6.45, 7) is 10.4. The van der Waals surface area contributed by atoms with E-state index in [0.29, 0.717) is 19.1 Å². The molecule has 0 saturated heterocycles. The molecule has 18 heavy (non-hydrogen) atoms. The van der Waals surface area contributed by atoms with Gasteiger partial charge in [0.25, 0.3) is 0 Å². The lowest BCUT2D eigenvalue weighted by molar-refractivity contribution is -0.149. The summed E-state index contributed by atoms with van der Waals surface area (Å²) in [5, 5.41) is 0. The quantitative estimate of drug-likeness (QED) is 0.678. The topological polar surface area (TPSA) is 55.6 Å². The van der Waals surface area contributed by atoms with E-state index >= 15 is 0 Å². The van der Waals surface area contributed by atoms with Crippen LogP contribution in [0.25, 0.3) is 0 Å². The maximum absolute atomic E-state index is 11.8. The van der Waals surface area contributed by atoms with E-state index in [1.807, 2.05) is 0 Å². The minimum atomic E-state index is -0.907. The lowest BCUT2D eigenvalue weighted by Gasteiger charge is -2.34. The van der Waals surface area contributed by atoms with Gasteiger partial charge in [-0.2, -0.15) is 0 Å². The van der Waals surface area contributed by atoms with Crippen molar-refractivity contribution in [2.45, 2.75) is 71.5 Å². The summed E-state index contributed by atoms with van der Waals surface area (Å²) < 4.78 is 5.01. The molecule has 0 aliphatic carbocycles. The Labute approximate surface area is 112 Å². The first-order chi connectivity index (χ1) is 8.26. The van der Waals surface area contributed by atoms with Gasteiger partial charge in [0.1, 0.15) is 5.54 Å². The lowest BCUT2D eigenvalue weighted by atomic mass is 9.93. The molecule has 3 atom stereocenters. The second-order valence-electron chi connectivity index (χ2n) is 5.49. The molecule has 4 heteroatoms. The minimum Gasteiger partial charge on any atom is -0.465 e. The Hall–Kier alpha value is -0.610. The summed E-state index contributed by atoms with van der Waals surface area (Å²) in [5.74, 6) is -0.312. The van der Waals surface area contributed by atoms with Crippen molar-refractivity contribution in [2.75, 3.05) is 13.7 Å². The predicted octanol–water partition coefficient (Wildman–Crippen LogP) is 2.17. The highest BCUT2D eigenvalue weighted by Gasteiger charge is 2.33. The fourth-order valence-corrected chi connectivity index (χ4v) is 2.19. The number of carbonyl (C=O) groups excluding carboxylic acids is 1. The molecule has 0 aromatic carbocycles. The third-order valence-electron chi connectivity index (χ3n) is 3.56. The van der Waals surface area contributed by atoms with Crippen LogP contribution in [-0.4, -0.2) is 42.1 Å². The Balaban J connectivity index is 4.44. The maximum atomic E-state index is 11.8. The van der Waals surface area contributed by atoms with Crippen LogP contribution in [0.3, 0.4) is 0 Å². The van der Waals surface area contributed by atoms with E-state index in [0.717, 1.165) is 12.8 Å². The van der Waals surface area contributed by atoms with Crippen LogP contribution in [0.5, 0.6) is 0 Å². The van der Waals surface area contributed by atoms with Gasteiger partial charge in [-0.3, -0.25) is 4.79 Å². The van der Waals surface area contributed by atoms with Crippen molar-refractivity contribution in [3.05, 3.63) is 0 Å². The molecule has 0 rings (SSSR count). The third kappa shape index (κ3) is 5.36. The number of hydrogen-bond acceptors (Lipinski definition) is 4. The molecule has 0 aliphatic heterocycles. The van der Waals surface area contributed by atoms with E-state index in [9.17, 15) is 4.79 Å². The van der Waals surface area contributed by atoms with Crippen molar-refractivity contribution >= 4 is 5.97 Å². The number of ether oxygens (including phenoxy) is 1. The van der Waals surface area contributed by atoms with Crippen molar-refractivity contribution < 1.29 is 9.53 Å². The molecule has 4 nitrogen and oxygen atoms in total. The van der Waals surface area contributed by atoms with E-state index < -0.39 is 5.54 Å². The standard InChI is InChI=1S/C14H30N2O2/c1-7-9-11(3)16(6)12(4)10-14(5,15)13(17)18-8-2/h11-12H,7-10,15H2,1-6H3. The zero-order valence-corrected chi connectivity index (χ0v) is 12.8. The summed E-state index contributed by atoms with van der Waals surface area (Å²) in [7, 11) is 2.09. The van der Waals surface area contributed by atoms with Gasteiger partial charge in [0.15, 0.2) is 0 Å². The van der Waals surface area contributed by atoms with Crippen LogP contribution >= 0.6 is 0 Å². The first kappa shape index (κ1) is 17.4. The Bertz CT molecular complexity index is 254. The van der Waals surface area contributed by atoms with Gasteiger partial charge in [-0.15, -0.1) is 0 Å². The average molecular weight is 258 g/mol. The third-order valence-corrected chi connectivity index (χ3v) is 3.56. The molecule has 0 spiro atoms. The summed E-state index contributed by atoms with van der Waals surface area (Å²) in [6, 6.07) is 0.758. The number of esters is 1. The minimum absolute atomic E-state index is 0.256. The zero-order valence-electron chi connectivity index (χ0n) is 12.8. The Morgan fingerprint density at radius 3 is 2.33 bits per heavy atom. The Morgan fingerprint density at radius 1 is 1.33 bits per heavy atom. The van der Waals surface area contributed by atoms with Crippen molar-refractivity contribution in [2.24, 2.45) is 5.73 Å². The number of nitrogens with zero attached hydrogens (tertiary/aromatic N) is 1. The molecule has 2 N–H and O–H groups in total. The van der Waals surface area contributed by atoms with Crippen LogP contribution in [0, 0.1) is 0 Å². The largest absolute Gasteiger partial charge is 0.465 e. The van der Waals surface area contributed by atoms with Crippen LogP contribution in [0.2, 0.25) is 0 Å². The van der Waals surface area contributed by atoms with Gasteiger partial charge in [-0.1, -0.05) is 13.3 Å². The molecule has 0 aromatic rings. The van der Waals surface area contributed by atoms with E-state index in [2.05, 4.69) is 32.7 Å². The van der Waals surface area contributed by atoms with Gasteiger partial charge in [0.05, 0.1) is 6.61 Å². The molecule has 0 aliphatic rings. The molecule has 0 bridgehead atoms. The highest BCUT2D eigenvalue weighted by molar-refractivity contribution is 5.80. The molecule has 0 fully saturated rings. The van der Waals surface area contributed by atoms with Crippen LogP contribution in [0.15, 0.2) is 0 Å². The molecular formula is C14H30N2O2. The van der Waals surface area contributed by atoms with E-state index in [4.69, 9.17) is 10.5 Å². The summed E-state index contributed by atoms with van der Waals surface area (Å²) in [4.78, 5) is 14.0. The molecule has 0 radical (unpaired) electrons. The molecule has 0 amide bonds. The van der Waals surface area contributed by atoms with Crippen molar-refractivity contribution in [1.29, 1.82) is 0 Å². The number of carbonyl (C=O) groups is 1. The smallest absolute Gasteiger partial charge is 0.325 e. The van der Waals surface area contributed by atoms with E-state index in [1.54, 1.807) is 13.8 Å². The van der Waals surface area contributed by atoms with Crippen molar-refractivity contribution in [3.8, 4) is 0 Å². The fraction of sp³-hybridized carbons (Fsp3) is 0.929. The number of hydrogen-bond donors (Lipinski definition) is 1. The summed E-state index contributed by atoms with van der Waals surface area (Å²) in [6.07, 6.45) is 2.92. The molecule has 0 saturated carbocycles. The molecule has 0 aromatic heterocycles. The maximum Gasteiger partial charge on any atom is 0.325 e. The van der Waals surface area contributed by atoms with Gasteiger partial charge in [0.2, 0.25) is 0 Å². The van der Waals surface area contributed by atoms with Crippen molar-refractivity contribution in [3.63, 3.8) is 0 Å². The average Bonchev–Trinajstić information content (AvgIpc) is 2.28. The first-order valence-electron chi connectivity index (χ1n) is 6.94. The molecule has 108 valence electrons. The van der Waals surface area contributed by atoms with Gasteiger partial charge in [0, 0.05) is 12.1 Å². The summed E-state index contributed by atoms with van der Waals surface area (Å²) >= 11 is 0. The lowest BCUT2D eigenvalue weighted by Crippen LogP contribution is -2.51. The van der Waals surface area contributed by atoms with Gasteiger partial charge >= 0.3 is 5.97 Å². The SMILES string of the molecule is CCCC(C)N(C)C(C)CC(C)(N)C(=O)OCC. The van der Waals surface area contributed by atoms with Crippen LogP contribution in [0.4, 0.5) is 0 Å². The number of rotatable bonds is 8. The number of nitrogens with two attached hydrogens (primary N) is 1. The Kier molecular flexibility index (Phi) is 7.48. The second-order valence-corrected chi connectivity index (χ2v) is 5.49. The van der Waals surface area contributed by atoms with E-state index in [-0.39, 0.29) is 12.0 Å². The van der Waals surface area contributed by atoms with Crippen LogP contribution in [-0.2, 0) is 9.53 Å². The normalized spacial score (nSPS) is 18.2. The van der Waals surface area contributed by atoms with Gasteiger partial charge in [-0.05, 0) is 47.6 Å². The highest BCUT2D eigenvalue weighted by Crippen LogP contribution is 2.18. The monoisotopic (exact) mass is 258 g/mol. The summed E-state index contributed by atoms with van der Waals surface area (Å²) in [5.41, 5.74) is 5.15. The first-order valence-corrected chi connectivity index (χ1v) is 6.94. The fourth-order valence-electron chi connectivity index (χ4n) is 2.19. The van der Waals surface area contributed by atoms with Crippen LogP contribution < -0.4 is 5.73 Å². The predicted molar refractivity (Wildman–Crippen MR) is 75.4 cm³/mol. The highest BCUT2D eigenvalue weighted by atomic mass is 16.5.